The SMILES string of the molecule is CCCCCCCCCCCCNS(=O)(=O)c1cc(N=Nc2ccc(Cl)c(S(N)(=O)=O)c2)c2c(C)cccc2c1O. The number of halogens is 1. The first-order chi connectivity index (χ1) is 19.5. The van der Waals surface area contributed by atoms with Crippen molar-refractivity contribution in [3.05, 3.63) is 53.1 Å². The second-order valence-electron chi connectivity index (χ2n) is 10.2. The van der Waals surface area contributed by atoms with Crippen LogP contribution in [0.1, 0.15) is 76.7 Å². The van der Waals surface area contributed by atoms with Crippen LogP contribution < -0.4 is 9.86 Å². The number of hydrogen-bond acceptors (Lipinski definition) is 7. The number of azo groups is 1. The van der Waals surface area contributed by atoms with Crippen LogP contribution in [0.2, 0.25) is 5.02 Å². The number of phenols is 1. The quantitative estimate of drug-likeness (QED) is 0.110. The molecule has 4 N–H and O–H groups in total. The van der Waals surface area contributed by atoms with E-state index in [0.29, 0.717) is 17.2 Å². The number of primary sulfonamides is 1. The van der Waals surface area contributed by atoms with Gasteiger partial charge in [0, 0.05) is 17.3 Å². The molecule has 0 heterocycles. The fourth-order valence-electron chi connectivity index (χ4n) is 4.67. The number of rotatable bonds is 16. The molecule has 0 aliphatic heterocycles. The largest absolute Gasteiger partial charge is 0.506 e. The third-order valence-electron chi connectivity index (χ3n) is 6.89. The molecule has 0 aliphatic carbocycles. The van der Waals surface area contributed by atoms with Gasteiger partial charge in [0.15, 0.2) is 0 Å². The highest BCUT2D eigenvalue weighted by molar-refractivity contribution is 7.89. The summed E-state index contributed by atoms with van der Waals surface area (Å²) in [5.41, 5.74) is 1.09. The molecular formula is C29H39ClN4O5S2. The number of aromatic hydroxyl groups is 1. The van der Waals surface area contributed by atoms with E-state index in [1.54, 1.807) is 25.1 Å². The monoisotopic (exact) mass is 622 g/mol. The molecule has 0 amide bonds. The lowest BCUT2D eigenvalue weighted by molar-refractivity contribution is 0.464. The van der Waals surface area contributed by atoms with Crippen molar-refractivity contribution in [3.63, 3.8) is 0 Å². The number of sulfonamides is 2. The predicted molar refractivity (Wildman–Crippen MR) is 164 cm³/mol. The summed E-state index contributed by atoms with van der Waals surface area (Å²) in [5.74, 6) is -0.374. The Morgan fingerprint density at radius 2 is 1.49 bits per heavy atom. The molecule has 41 heavy (non-hydrogen) atoms. The molecule has 0 bridgehead atoms. The maximum atomic E-state index is 13.2. The van der Waals surface area contributed by atoms with Crippen molar-refractivity contribution >= 4 is 53.8 Å². The van der Waals surface area contributed by atoms with E-state index in [2.05, 4.69) is 21.9 Å². The lowest BCUT2D eigenvalue weighted by atomic mass is 10.0. The maximum Gasteiger partial charge on any atom is 0.244 e. The molecule has 3 aromatic carbocycles. The van der Waals surface area contributed by atoms with E-state index in [1.165, 1.54) is 62.8 Å². The minimum atomic E-state index is -4.09. The summed E-state index contributed by atoms with van der Waals surface area (Å²) in [6.07, 6.45) is 11.4. The minimum Gasteiger partial charge on any atom is -0.506 e. The van der Waals surface area contributed by atoms with Crippen molar-refractivity contribution in [2.24, 2.45) is 15.4 Å². The molecule has 0 fully saturated rings. The predicted octanol–water partition coefficient (Wildman–Crippen LogP) is 7.77. The summed E-state index contributed by atoms with van der Waals surface area (Å²) in [6.45, 7) is 4.27. The molecule has 0 unspecified atom stereocenters. The zero-order chi connectivity index (χ0) is 30.0. The van der Waals surface area contributed by atoms with Crippen LogP contribution >= 0.6 is 11.6 Å². The highest BCUT2D eigenvalue weighted by atomic mass is 35.5. The van der Waals surface area contributed by atoms with Gasteiger partial charge in [-0.25, -0.2) is 26.7 Å². The standard InChI is InChI=1S/C29H39ClN4O5S2/c1-3-4-5-6-7-8-9-10-11-12-18-32-41(38,39)27-20-25(28-21(2)14-13-15-23(28)29(27)35)34-33-22-16-17-24(30)26(19-22)40(31,36)37/h13-17,19-20,32,35H,3-12,18H2,1-2H3,(H2,31,36,37). The fourth-order valence-corrected chi connectivity index (χ4v) is 6.93. The number of nitrogens with one attached hydrogen (secondary N) is 1. The lowest BCUT2D eigenvalue weighted by Crippen LogP contribution is -2.25. The zero-order valence-electron chi connectivity index (χ0n) is 23.6. The normalized spacial score (nSPS) is 12.5. The van der Waals surface area contributed by atoms with Crippen molar-refractivity contribution in [3.8, 4) is 5.75 Å². The Hall–Kier alpha value is -2.57. The molecule has 9 nitrogen and oxygen atoms in total. The molecule has 0 spiro atoms. The van der Waals surface area contributed by atoms with Gasteiger partial charge in [0.1, 0.15) is 15.5 Å². The van der Waals surface area contributed by atoms with Crippen LogP contribution in [-0.2, 0) is 20.0 Å². The van der Waals surface area contributed by atoms with E-state index < -0.39 is 20.0 Å². The van der Waals surface area contributed by atoms with Crippen molar-refractivity contribution in [1.82, 2.24) is 4.72 Å². The Labute approximate surface area is 248 Å². The number of hydrogen-bond donors (Lipinski definition) is 3. The van der Waals surface area contributed by atoms with Crippen molar-refractivity contribution in [2.45, 2.75) is 87.8 Å². The number of nitrogens with zero attached hydrogens (tertiary/aromatic N) is 2. The second kappa shape index (κ2) is 15.1. The van der Waals surface area contributed by atoms with Crippen LogP contribution in [0.25, 0.3) is 10.8 Å². The topological polar surface area (TPSA) is 151 Å². The summed E-state index contributed by atoms with van der Waals surface area (Å²) in [5, 5.41) is 25.3. The summed E-state index contributed by atoms with van der Waals surface area (Å²) in [6, 6.07) is 10.4. The molecule has 0 aliphatic rings. The highest BCUT2D eigenvalue weighted by Crippen LogP contribution is 2.40. The molecule has 0 saturated carbocycles. The Balaban J connectivity index is 1.77. The zero-order valence-corrected chi connectivity index (χ0v) is 26.0. The summed E-state index contributed by atoms with van der Waals surface area (Å²) in [4.78, 5) is -0.611. The lowest BCUT2D eigenvalue weighted by Gasteiger charge is -2.13. The second-order valence-corrected chi connectivity index (χ2v) is 13.9. The summed E-state index contributed by atoms with van der Waals surface area (Å²) < 4.78 is 52.7. The van der Waals surface area contributed by atoms with E-state index in [-0.39, 0.29) is 38.5 Å². The highest BCUT2D eigenvalue weighted by Gasteiger charge is 2.23. The fraction of sp³-hybridized carbons (Fsp3) is 0.448. The van der Waals surface area contributed by atoms with E-state index in [4.69, 9.17) is 16.7 Å². The molecular weight excluding hydrogens is 584 g/mol. The molecule has 0 saturated heterocycles. The number of fused-ring (bicyclic) bond motifs is 1. The van der Waals surface area contributed by atoms with Gasteiger partial charge in [0.25, 0.3) is 0 Å². The van der Waals surface area contributed by atoms with Crippen molar-refractivity contribution < 1.29 is 21.9 Å². The first kappa shape index (κ1) is 32.9. The van der Waals surface area contributed by atoms with Gasteiger partial charge in [-0.15, -0.1) is 5.11 Å². The van der Waals surface area contributed by atoms with E-state index in [9.17, 15) is 21.9 Å². The van der Waals surface area contributed by atoms with Crippen LogP contribution in [0, 0.1) is 6.92 Å². The number of benzene rings is 3. The molecule has 0 radical (unpaired) electrons. The minimum absolute atomic E-state index is 0.0563. The Morgan fingerprint density at radius 1 is 0.854 bits per heavy atom. The molecule has 0 atom stereocenters. The van der Waals surface area contributed by atoms with E-state index in [1.807, 2.05) is 0 Å². The summed E-state index contributed by atoms with van der Waals surface area (Å²) in [7, 11) is -8.15. The van der Waals surface area contributed by atoms with Gasteiger partial charge in [-0.3, -0.25) is 0 Å². The smallest absolute Gasteiger partial charge is 0.244 e. The van der Waals surface area contributed by atoms with Crippen LogP contribution in [-0.4, -0.2) is 28.5 Å². The first-order valence-corrected chi connectivity index (χ1v) is 17.4. The van der Waals surface area contributed by atoms with E-state index in [0.717, 1.165) is 24.8 Å². The maximum absolute atomic E-state index is 13.2. The van der Waals surface area contributed by atoms with Crippen LogP contribution in [0.3, 0.4) is 0 Å². The molecule has 12 heteroatoms. The molecule has 3 rings (SSSR count). The molecule has 0 aromatic heterocycles. The first-order valence-electron chi connectivity index (χ1n) is 13.9. The Kier molecular flexibility index (Phi) is 12.1. The van der Waals surface area contributed by atoms with Crippen molar-refractivity contribution in [1.29, 1.82) is 0 Å². The van der Waals surface area contributed by atoms with Gasteiger partial charge in [-0.2, -0.15) is 5.11 Å². The van der Waals surface area contributed by atoms with Gasteiger partial charge >= 0.3 is 0 Å². The van der Waals surface area contributed by atoms with Crippen LogP contribution in [0.15, 0.2) is 62.5 Å². The van der Waals surface area contributed by atoms with E-state index >= 15 is 0 Å². The van der Waals surface area contributed by atoms with Crippen molar-refractivity contribution in [2.75, 3.05) is 6.54 Å². The molecule has 3 aromatic rings. The van der Waals surface area contributed by atoms with Gasteiger partial charge in [0.2, 0.25) is 20.0 Å². The average Bonchev–Trinajstić information content (AvgIpc) is 2.91. The van der Waals surface area contributed by atoms with Gasteiger partial charge in [-0.1, -0.05) is 94.5 Å². The van der Waals surface area contributed by atoms with Crippen LogP contribution in [0.5, 0.6) is 5.75 Å². The number of phenolic OH excluding ortho intramolecular Hbond substituents is 1. The third kappa shape index (κ3) is 9.21. The average molecular weight is 623 g/mol. The number of unbranched alkanes of at least 4 members (excludes halogenated alkanes) is 9. The third-order valence-corrected chi connectivity index (χ3v) is 9.76. The van der Waals surface area contributed by atoms with Gasteiger partial charge in [-0.05, 0) is 43.2 Å². The molecule has 224 valence electrons. The number of nitrogens with two attached hydrogens (primary N) is 1. The Bertz CT molecular complexity index is 1590. The Morgan fingerprint density at radius 3 is 2.12 bits per heavy atom. The summed E-state index contributed by atoms with van der Waals surface area (Å²) >= 11 is 5.96. The van der Waals surface area contributed by atoms with Gasteiger partial charge in [0.05, 0.1) is 16.4 Å². The number of aryl methyl sites for hydroxylation is 1. The van der Waals surface area contributed by atoms with Gasteiger partial charge < -0.3 is 5.11 Å². The van der Waals surface area contributed by atoms with Crippen LogP contribution in [0.4, 0.5) is 11.4 Å².